The second-order valence-electron chi connectivity index (χ2n) is 5.15. The van der Waals surface area contributed by atoms with Crippen LogP contribution < -0.4 is 10.1 Å². The van der Waals surface area contributed by atoms with Gasteiger partial charge in [0, 0.05) is 25.4 Å². The highest BCUT2D eigenvalue weighted by atomic mass is 16.5. The number of hydrogen-bond donors (Lipinski definition) is 1. The van der Waals surface area contributed by atoms with Crippen LogP contribution >= 0.6 is 0 Å². The molecule has 1 aromatic heterocycles. The molecule has 1 atom stereocenters. The number of benzene rings is 1. The predicted molar refractivity (Wildman–Crippen MR) is 82.5 cm³/mol. The fourth-order valence-electron chi connectivity index (χ4n) is 2.51. The molecule has 22 heavy (non-hydrogen) atoms. The van der Waals surface area contributed by atoms with Crippen molar-refractivity contribution in [1.82, 2.24) is 14.9 Å². The van der Waals surface area contributed by atoms with Gasteiger partial charge in [0.05, 0.1) is 7.11 Å². The van der Waals surface area contributed by atoms with Gasteiger partial charge in [0.1, 0.15) is 6.04 Å². The number of ether oxygens (including phenoxy) is 1. The van der Waals surface area contributed by atoms with E-state index in [-0.39, 0.29) is 11.9 Å². The fourth-order valence-corrected chi connectivity index (χ4v) is 2.51. The van der Waals surface area contributed by atoms with Crippen molar-refractivity contribution >= 4 is 11.9 Å². The summed E-state index contributed by atoms with van der Waals surface area (Å²) in [7, 11) is 1.55. The first-order valence-corrected chi connectivity index (χ1v) is 7.22. The number of anilines is 1. The molecular formula is C16H18N4O2. The summed E-state index contributed by atoms with van der Waals surface area (Å²) in [5.74, 6) is 0.971. The van der Waals surface area contributed by atoms with Gasteiger partial charge in [-0.05, 0) is 12.0 Å². The molecule has 1 aliphatic rings. The summed E-state index contributed by atoms with van der Waals surface area (Å²) < 4.78 is 5.06. The van der Waals surface area contributed by atoms with E-state index in [0.717, 1.165) is 18.5 Å². The number of nitrogens with one attached hydrogen (secondary N) is 1. The van der Waals surface area contributed by atoms with Gasteiger partial charge in [-0.25, -0.2) is 4.98 Å². The van der Waals surface area contributed by atoms with Gasteiger partial charge < -0.3 is 15.0 Å². The Labute approximate surface area is 129 Å². The highest BCUT2D eigenvalue weighted by Gasteiger charge is 2.31. The maximum absolute atomic E-state index is 12.4. The maximum Gasteiger partial charge on any atom is 0.245 e. The molecule has 0 bridgehead atoms. The zero-order chi connectivity index (χ0) is 15.4. The van der Waals surface area contributed by atoms with Gasteiger partial charge in [-0.1, -0.05) is 30.3 Å². The van der Waals surface area contributed by atoms with E-state index in [0.29, 0.717) is 18.4 Å². The van der Waals surface area contributed by atoms with E-state index in [9.17, 15) is 4.79 Å². The molecule has 6 nitrogen and oxygen atoms in total. The smallest absolute Gasteiger partial charge is 0.245 e. The molecule has 1 saturated heterocycles. The quantitative estimate of drug-likeness (QED) is 0.910. The van der Waals surface area contributed by atoms with Crippen LogP contribution in [0, 0.1) is 0 Å². The third-order valence-electron chi connectivity index (χ3n) is 3.66. The topological polar surface area (TPSA) is 67.3 Å². The van der Waals surface area contributed by atoms with E-state index in [1.807, 2.05) is 35.2 Å². The summed E-state index contributed by atoms with van der Waals surface area (Å²) in [6.07, 6.45) is 2.35. The number of carbonyl (C=O) groups excluding carboxylic acids is 1. The highest BCUT2D eigenvalue weighted by molar-refractivity contribution is 5.86. The van der Waals surface area contributed by atoms with E-state index in [1.54, 1.807) is 19.4 Å². The summed E-state index contributed by atoms with van der Waals surface area (Å²) in [5.41, 5.74) is 1.13. The van der Waals surface area contributed by atoms with Gasteiger partial charge in [-0.2, -0.15) is 4.98 Å². The van der Waals surface area contributed by atoms with Crippen molar-refractivity contribution < 1.29 is 9.53 Å². The van der Waals surface area contributed by atoms with Crippen LogP contribution in [0.15, 0.2) is 42.6 Å². The number of rotatable bonds is 5. The maximum atomic E-state index is 12.4. The molecule has 2 aromatic rings. The van der Waals surface area contributed by atoms with Crippen molar-refractivity contribution in [3.63, 3.8) is 0 Å². The van der Waals surface area contributed by atoms with Crippen LogP contribution in [0.1, 0.15) is 12.0 Å². The Morgan fingerprint density at radius 3 is 2.91 bits per heavy atom. The van der Waals surface area contributed by atoms with Crippen molar-refractivity contribution in [2.24, 2.45) is 0 Å². The third kappa shape index (κ3) is 3.16. The van der Waals surface area contributed by atoms with E-state index >= 15 is 0 Å². The molecule has 1 amide bonds. The molecule has 0 radical (unpaired) electrons. The Morgan fingerprint density at radius 2 is 2.14 bits per heavy atom. The average Bonchev–Trinajstić information content (AvgIpc) is 2.89. The highest BCUT2D eigenvalue weighted by Crippen LogP contribution is 2.18. The van der Waals surface area contributed by atoms with E-state index in [4.69, 9.17) is 4.74 Å². The molecule has 1 fully saturated rings. The minimum absolute atomic E-state index is 0.0790. The van der Waals surface area contributed by atoms with E-state index in [1.165, 1.54) is 0 Å². The first-order chi connectivity index (χ1) is 10.8. The SMILES string of the molecule is COc1ccnc(NC2CCN(Cc3ccccc3)C2=O)n1. The molecule has 1 N–H and O–H groups in total. The zero-order valence-electron chi connectivity index (χ0n) is 12.4. The van der Waals surface area contributed by atoms with Crippen molar-refractivity contribution in [2.45, 2.75) is 19.0 Å². The lowest BCUT2D eigenvalue weighted by atomic mass is 10.2. The van der Waals surface area contributed by atoms with Crippen molar-refractivity contribution in [1.29, 1.82) is 0 Å². The van der Waals surface area contributed by atoms with Crippen LogP contribution in [0.3, 0.4) is 0 Å². The van der Waals surface area contributed by atoms with Gasteiger partial charge in [0.25, 0.3) is 0 Å². The molecule has 2 heterocycles. The average molecular weight is 298 g/mol. The fraction of sp³-hybridized carbons (Fsp3) is 0.312. The summed E-state index contributed by atoms with van der Waals surface area (Å²) in [6.45, 7) is 1.37. The molecule has 1 aromatic carbocycles. The van der Waals surface area contributed by atoms with E-state index in [2.05, 4.69) is 15.3 Å². The van der Waals surface area contributed by atoms with Crippen LogP contribution in [-0.2, 0) is 11.3 Å². The second-order valence-corrected chi connectivity index (χ2v) is 5.15. The van der Waals surface area contributed by atoms with E-state index < -0.39 is 0 Å². The first kappa shape index (κ1) is 14.3. The number of nitrogens with zero attached hydrogens (tertiary/aromatic N) is 3. The zero-order valence-corrected chi connectivity index (χ0v) is 12.4. The van der Waals surface area contributed by atoms with Gasteiger partial charge >= 0.3 is 0 Å². The molecule has 0 aliphatic carbocycles. The van der Waals surface area contributed by atoms with Gasteiger partial charge in [0.2, 0.25) is 17.7 Å². The van der Waals surface area contributed by atoms with Crippen LogP contribution in [0.5, 0.6) is 5.88 Å². The summed E-state index contributed by atoms with van der Waals surface area (Å²) >= 11 is 0. The number of hydrogen-bond acceptors (Lipinski definition) is 5. The molecule has 6 heteroatoms. The lowest BCUT2D eigenvalue weighted by molar-refractivity contribution is -0.128. The molecule has 0 spiro atoms. The first-order valence-electron chi connectivity index (χ1n) is 7.22. The minimum atomic E-state index is -0.282. The Balaban J connectivity index is 1.63. The van der Waals surface area contributed by atoms with Crippen LogP contribution in [0.25, 0.3) is 0 Å². The Bertz CT molecular complexity index is 648. The monoisotopic (exact) mass is 298 g/mol. The second kappa shape index (κ2) is 6.43. The lowest BCUT2D eigenvalue weighted by Crippen LogP contribution is -2.33. The molecule has 1 aliphatic heterocycles. The van der Waals surface area contributed by atoms with Crippen LogP contribution in [0.4, 0.5) is 5.95 Å². The van der Waals surface area contributed by atoms with Crippen LogP contribution in [-0.4, -0.2) is 40.5 Å². The normalized spacial score (nSPS) is 17.6. The molecule has 0 saturated carbocycles. The van der Waals surface area contributed by atoms with Gasteiger partial charge in [-0.3, -0.25) is 4.79 Å². The Morgan fingerprint density at radius 1 is 1.32 bits per heavy atom. The van der Waals surface area contributed by atoms with Crippen LogP contribution in [0.2, 0.25) is 0 Å². The minimum Gasteiger partial charge on any atom is -0.481 e. The number of amides is 1. The predicted octanol–water partition coefficient (Wildman–Crippen LogP) is 1.70. The summed E-state index contributed by atoms with van der Waals surface area (Å²) in [4.78, 5) is 22.6. The lowest BCUT2D eigenvalue weighted by Gasteiger charge is -2.17. The summed E-state index contributed by atoms with van der Waals surface area (Å²) in [6, 6.07) is 11.4. The number of methoxy groups -OCH3 is 1. The molecule has 1 unspecified atom stereocenters. The number of aromatic nitrogens is 2. The Hall–Kier alpha value is -2.63. The molecular weight excluding hydrogens is 280 g/mol. The number of likely N-dealkylation sites (tertiary alicyclic amines) is 1. The van der Waals surface area contributed by atoms with Crippen molar-refractivity contribution in [3.05, 3.63) is 48.2 Å². The van der Waals surface area contributed by atoms with Crippen molar-refractivity contribution in [2.75, 3.05) is 19.0 Å². The third-order valence-corrected chi connectivity index (χ3v) is 3.66. The largest absolute Gasteiger partial charge is 0.481 e. The number of carbonyl (C=O) groups is 1. The molecule has 3 rings (SSSR count). The molecule has 114 valence electrons. The van der Waals surface area contributed by atoms with Gasteiger partial charge in [-0.15, -0.1) is 0 Å². The van der Waals surface area contributed by atoms with Gasteiger partial charge in [0.15, 0.2) is 0 Å². The Kier molecular flexibility index (Phi) is 4.18. The summed E-state index contributed by atoms with van der Waals surface area (Å²) in [5, 5.41) is 3.09. The van der Waals surface area contributed by atoms with Crippen molar-refractivity contribution in [3.8, 4) is 5.88 Å². The standard InChI is InChI=1S/C16H18N4O2/c1-22-14-7-9-17-16(19-14)18-13-8-10-20(15(13)21)11-12-5-3-2-4-6-12/h2-7,9,13H,8,10-11H2,1H3,(H,17,18,19).